The van der Waals surface area contributed by atoms with Crippen LogP contribution in [-0.2, 0) is 9.47 Å². The molecule has 1 aromatic rings. The molecule has 0 saturated carbocycles. The molecule has 1 N–H and O–H groups in total. The molecule has 0 aliphatic heterocycles. The molecule has 0 heterocycles. The van der Waals surface area contributed by atoms with Crippen molar-refractivity contribution in [1.29, 1.82) is 0 Å². The number of aliphatic hydroxyl groups is 1. The minimum Gasteiger partial charge on any atom is -0.384 e. The summed E-state index contributed by atoms with van der Waals surface area (Å²) >= 11 is 0. The van der Waals surface area contributed by atoms with Gasteiger partial charge >= 0.3 is 0 Å². The van der Waals surface area contributed by atoms with Gasteiger partial charge in [0.25, 0.3) is 0 Å². The highest BCUT2D eigenvalue weighted by atomic mass is 16.7. The minimum atomic E-state index is -0.695. The van der Waals surface area contributed by atoms with Crippen molar-refractivity contribution in [1.82, 2.24) is 0 Å². The summed E-state index contributed by atoms with van der Waals surface area (Å²) in [5.74, 6) is -0.695. The number of ether oxygens (including phenoxy) is 2. The summed E-state index contributed by atoms with van der Waals surface area (Å²) < 4.78 is 10.7. The van der Waals surface area contributed by atoms with Gasteiger partial charge < -0.3 is 14.6 Å². The highest BCUT2D eigenvalue weighted by Gasteiger charge is 2.28. The molecule has 1 aliphatic carbocycles. The normalized spacial score (nSPS) is 19.4. The van der Waals surface area contributed by atoms with Crippen molar-refractivity contribution in [2.75, 3.05) is 14.2 Å². The first-order valence-electron chi connectivity index (χ1n) is 5.93. The first-order chi connectivity index (χ1) is 8.71. The highest BCUT2D eigenvalue weighted by molar-refractivity contribution is 5.35. The van der Waals surface area contributed by atoms with E-state index in [0.717, 1.165) is 11.1 Å². The van der Waals surface area contributed by atoms with E-state index in [-0.39, 0.29) is 0 Å². The van der Waals surface area contributed by atoms with E-state index in [2.05, 4.69) is 0 Å². The van der Waals surface area contributed by atoms with Gasteiger partial charge in [0.05, 0.1) is 0 Å². The standard InChI is InChI=1S/C15H18O3/c1-17-15(18-2)10-8-13(9-11-15)14(16)12-6-4-3-5-7-12/h3-10,14,16H,11H2,1-2H3. The molecule has 1 unspecified atom stereocenters. The Morgan fingerprint density at radius 1 is 1.17 bits per heavy atom. The van der Waals surface area contributed by atoms with Gasteiger partial charge in [-0.3, -0.25) is 0 Å². The third-order valence-electron chi connectivity index (χ3n) is 3.27. The fourth-order valence-corrected chi connectivity index (χ4v) is 2.04. The molecule has 0 spiro atoms. The second-order valence-electron chi connectivity index (χ2n) is 4.27. The van der Waals surface area contributed by atoms with Gasteiger partial charge in [-0.25, -0.2) is 0 Å². The zero-order valence-electron chi connectivity index (χ0n) is 10.7. The largest absolute Gasteiger partial charge is 0.384 e. The lowest BCUT2D eigenvalue weighted by Crippen LogP contribution is -2.32. The molecular formula is C15H18O3. The van der Waals surface area contributed by atoms with Gasteiger partial charge in [0, 0.05) is 20.6 Å². The van der Waals surface area contributed by atoms with Crippen molar-refractivity contribution < 1.29 is 14.6 Å². The first-order valence-corrected chi connectivity index (χ1v) is 5.93. The molecule has 1 atom stereocenters. The molecule has 0 fully saturated rings. The summed E-state index contributed by atoms with van der Waals surface area (Å²) in [6.45, 7) is 0. The second-order valence-corrected chi connectivity index (χ2v) is 4.27. The highest BCUT2D eigenvalue weighted by Crippen LogP contribution is 2.31. The van der Waals surface area contributed by atoms with Crippen LogP contribution in [0.2, 0.25) is 0 Å². The molecule has 0 aromatic heterocycles. The average molecular weight is 246 g/mol. The third-order valence-corrected chi connectivity index (χ3v) is 3.27. The average Bonchev–Trinajstić information content (AvgIpc) is 2.47. The van der Waals surface area contributed by atoms with Crippen LogP contribution >= 0.6 is 0 Å². The first kappa shape index (κ1) is 13.0. The van der Waals surface area contributed by atoms with E-state index in [9.17, 15) is 5.11 Å². The molecule has 96 valence electrons. The Hall–Kier alpha value is -1.42. The maximum absolute atomic E-state index is 10.3. The van der Waals surface area contributed by atoms with Gasteiger partial charge in [-0.1, -0.05) is 42.5 Å². The van der Waals surface area contributed by atoms with Crippen LogP contribution in [0.25, 0.3) is 0 Å². The van der Waals surface area contributed by atoms with Gasteiger partial charge in [-0.2, -0.15) is 0 Å². The maximum atomic E-state index is 10.3. The molecule has 0 saturated heterocycles. The third kappa shape index (κ3) is 2.53. The summed E-state index contributed by atoms with van der Waals surface area (Å²) in [6, 6.07) is 9.59. The summed E-state index contributed by atoms with van der Waals surface area (Å²) in [6.07, 6.45) is 5.64. The van der Waals surface area contributed by atoms with Crippen LogP contribution < -0.4 is 0 Å². The van der Waals surface area contributed by atoms with Gasteiger partial charge in [0.1, 0.15) is 6.10 Å². The monoisotopic (exact) mass is 246 g/mol. The van der Waals surface area contributed by atoms with Crippen LogP contribution in [0.1, 0.15) is 18.1 Å². The number of rotatable bonds is 4. The molecule has 18 heavy (non-hydrogen) atoms. The quantitative estimate of drug-likeness (QED) is 0.830. The van der Waals surface area contributed by atoms with E-state index in [1.807, 2.05) is 48.6 Å². The van der Waals surface area contributed by atoms with Gasteiger partial charge in [-0.15, -0.1) is 0 Å². The Morgan fingerprint density at radius 2 is 1.83 bits per heavy atom. The Morgan fingerprint density at radius 3 is 2.33 bits per heavy atom. The van der Waals surface area contributed by atoms with Crippen LogP contribution in [0.15, 0.2) is 54.1 Å². The molecule has 2 rings (SSSR count). The minimum absolute atomic E-state index is 0.593. The summed E-state index contributed by atoms with van der Waals surface area (Å²) in [5, 5.41) is 10.3. The number of methoxy groups -OCH3 is 2. The number of hydrogen-bond donors (Lipinski definition) is 1. The van der Waals surface area contributed by atoms with Crippen LogP contribution in [0.3, 0.4) is 0 Å². The summed E-state index contributed by atoms with van der Waals surface area (Å²) in [5.41, 5.74) is 1.75. The molecule has 3 heteroatoms. The zero-order valence-corrected chi connectivity index (χ0v) is 10.7. The fraction of sp³-hybridized carbons (Fsp3) is 0.333. The van der Waals surface area contributed by atoms with Crippen molar-refractivity contribution in [2.24, 2.45) is 0 Å². The van der Waals surface area contributed by atoms with Crippen LogP contribution in [0, 0.1) is 0 Å². The predicted molar refractivity (Wildman–Crippen MR) is 70.0 cm³/mol. The topological polar surface area (TPSA) is 38.7 Å². The molecule has 1 aromatic carbocycles. The van der Waals surface area contributed by atoms with E-state index in [4.69, 9.17) is 9.47 Å². The van der Waals surface area contributed by atoms with Crippen molar-refractivity contribution in [3.8, 4) is 0 Å². The van der Waals surface area contributed by atoms with Crippen molar-refractivity contribution in [3.05, 3.63) is 59.7 Å². The number of benzene rings is 1. The van der Waals surface area contributed by atoms with Crippen molar-refractivity contribution >= 4 is 0 Å². The molecular weight excluding hydrogens is 228 g/mol. The zero-order chi connectivity index (χ0) is 13.0. The Bertz CT molecular complexity index is 444. The molecule has 3 nitrogen and oxygen atoms in total. The van der Waals surface area contributed by atoms with E-state index in [1.165, 1.54) is 0 Å². The number of hydrogen-bond acceptors (Lipinski definition) is 3. The Kier molecular flexibility index (Phi) is 3.97. The molecule has 1 aliphatic rings. The van der Waals surface area contributed by atoms with E-state index in [0.29, 0.717) is 6.42 Å². The van der Waals surface area contributed by atoms with E-state index < -0.39 is 11.9 Å². The smallest absolute Gasteiger partial charge is 0.190 e. The summed E-state index contributed by atoms with van der Waals surface area (Å²) in [7, 11) is 3.22. The second kappa shape index (κ2) is 5.48. The van der Waals surface area contributed by atoms with Crippen LogP contribution in [0.4, 0.5) is 0 Å². The lowest BCUT2D eigenvalue weighted by molar-refractivity contribution is -0.168. The van der Waals surface area contributed by atoms with Crippen LogP contribution in [-0.4, -0.2) is 25.1 Å². The SMILES string of the molecule is COC1(OC)C=CC(C(O)c2ccccc2)=CC1. The number of aliphatic hydroxyl groups excluding tert-OH is 1. The summed E-state index contributed by atoms with van der Waals surface area (Å²) in [4.78, 5) is 0. The van der Waals surface area contributed by atoms with E-state index in [1.54, 1.807) is 14.2 Å². The fourth-order valence-electron chi connectivity index (χ4n) is 2.04. The van der Waals surface area contributed by atoms with Crippen LogP contribution in [0.5, 0.6) is 0 Å². The van der Waals surface area contributed by atoms with Gasteiger partial charge in [0.2, 0.25) is 0 Å². The lowest BCUT2D eigenvalue weighted by atomic mass is 9.94. The predicted octanol–water partition coefficient (Wildman–Crippen LogP) is 2.60. The molecule has 0 amide bonds. The Balaban J connectivity index is 2.14. The maximum Gasteiger partial charge on any atom is 0.190 e. The van der Waals surface area contributed by atoms with Crippen molar-refractivity contribution in [3.63, 3.8) is 0 Å². The Labute approximate surface area is 107 Å². The van der Waals surface area contributed by atoms with Crippen molar-refractivity contribution in [2.45, 2.75) is 18.3 Å². The van der Waals surface area contributed by atoms with E-state index >= 15 is 0 Å². The molecule has 0 bridgehead atoms. The van der Waals surface area contributed by atoms with Gasteiger partial charge in [-0.05, 0) is 17.2 Å². The van der Waals surface area contributed by atoms with Gasteiger partial charge in [0.15, 0.2) is 5.79 Å². The molecule has 0 radical (unpaired) electrons. The lowest BCUT2D eigenvalue weighted by Gasteiger charge is -2.30.